The van der Waals surface area contributed by atoms with Crippen LogP contribution in [-0.4, -0.2) is 6.18 Å². The van der Waals surface area contributed by atoms with Gasteiger partial charge in [0, 0.05) is 5.69 Å². The van der Waals surface area contributed by atoms with Gasteiger partial charge in [0.2, 0.25) is 0 Å². The summed E-state index contributed by atoms with van der Waals surface area (Å²) in [6, 6.07) is 12.4. The van der Waals surface area contributed by atoms with Gasteiger partial charge in [0.1, 0.15) is 5.41 Å². The number of nitrogen functional groups attached to an aromatic ring is 1. The number of halogens is 3. The minimum atomic E-state index is -4.41. The van der Waals surface area contributed by atoms with Crippen molar-refractivity contribution >= 4 is 5.69 Å². The largest absolute Gasteiger partial charge is 0.402 e. The Hall–Kier alpha value is -1.97. The van der Waals surface area contributed by atoms with Gasteiger partial charge in [-0.1, -0.05) is 42.5 Å². The second-order valence-corrected chi connectivity index (χ2v) is 5.06. The van der Waals surface area contributed by atoms with E-state index >= 15 is 0 Å². The Bertz CT molecular complexity index is 605. The first-order valence-corrected chi connectivity index (χ1v) is 6.25. The quantitative estimate of drug-likeness (QED) is 0.808. The maximum Gasteiger partial charge on any atom is 0.402 e. The first-order valence-electron chi connectivity index (χ1n) is 6.25. The van der Waals surface area contributed by atoms with Gasteiger partial charge < -0.3 is 5.73 Å². The van der Waals surface area contributed by atoms with Crippen molar-refractivity contribution in [2.75, 3.05) is 5.73 Å². The van der Waals surface area contributed by atoms with E-state index < -0.39 is 11.6 Å². The van der Waals surface area contributed by atoms with Crippen molar-refractivity contribution in [3.63, 3.8) is 0 Å². The van der Waals surface area contributed by atoms with Crippen LogP contribution in [0, 0.1) is 6.92 Å². The molecule has 106 valence electrons. The molecule has 2 N–H and O–H groups in total. The van der Waals surface area contributed by atoms with Crippen LogP contribution in [-0.2, 0) is 5.41 Å². The highest BCUT2D eigenvalue weighted by atomic mass is 19.4. The molecule has 0 saturated carbocycles. The zero-order valence-corrected chi connectivity index (χ0v) is 11.3. The van der Waals surface area contributed by atoms with Crippen molar-refractivity contribution in [1.82, 2.24) is 0 Å². The number of hydrogen-bond acceptors (Lipinski definition) is 1. The van der Waals surface area contributed by atoms with E-state index in [-0.39, 0.29) is 11.1 Å². The van der Waals surface area contributed by atoms with Crippen LogP contribution in [0.4, 0.5) is 18.9 Å². The van der Waals surface area contributed by atoms with Gasteiger partial charge in [-0.15, -0.1) is 0 Å². The topological polar surface area (TPSA) is 26.0 Å². The van der Waals surface area contributed by atoms with Gasteiger partial charge in [0.25, 0.3) is 0 Å². The second-order valence-electron chi connectivity index (χ2n) is 5.06. The standard InChI is InChI=1S/C16H16F3N/c1-11-8-9-13(10-14(11)20)15(2,16(17,18)19)12-6-4-3-5-7-12/h3-10H,20H2,1-2H3. The van der Waals surface area contributed by atoms with E-state index in [0.29, 0.717) is 5.69 Å². The zero-order valence-electron chi connectivity index (χ0n) is 11.3. The van der Waals surface area contributed by atoms with Crippen LogP contribution in [0.5, 0.6) is 0 Å². The lowest BCUT2D eigenvalue weighted by Gasteiger charge is -2.33. The van der Waals surface area contributed by atoms with E-state index in [2.05, 4.69) is 0 Å². The molecule has 4 heteroatoms. The van der Waals surface area contributed by atoms with Gasteiger partial charge in [-0.2, -0.15) is 13.2 Å². The molecular weight excluding hydrogens is 263 g/mol. The van der Waals surface area contributed by atoms with E-state index in [1.165, 1.54) is 31.2 Å². The lowest BCUT2D eigenvalue weighted by Crippen LogP contribution is -2.40. The van der Waals surface area contributed by atoms with Crippen LogP contribution in [0.15, 0.2) is 48.5 Å². The highest BCUT2D eigenvalue weighted by Crippen LogP contribution is 2.46. The summed E-state index contributed by atoms with van der Waals surface area (Å²) in [7, 11) is 0. The molecule has 0 heterocycles. The Morgan fingerprint density at radius 2 is 1.50 bits per heavy atom. The molecule has 0 amide bonds. The molecule has 0 aliphatic rings. The van der Waals surface area contributed by atoms with Gasteiger partial charge in [0.15, 0.2) is 0 Å². The third kappa shape index (κ3) is 2.26. The molecule has 0 saturated heterocycles. The summed E-state index contributed by atoms with van der Waals surface area (Å²) in [5.41, 5.74) is 5.19. The molecule has 0 aliphatic carbocycles. The van der Waals surface area contributed by atoms with E-state index in [0.717, 1.165) is 5.56 Å². The Labute approximate surface area is 116 Å². The lowest BCUT2D eigenvalue weighted by molar-refractivity contribution is -0.173. The van der Waals surface area contributed by atoms with Crippen LogP contribution in [0.25, 0.3) is 0 Å². The molecule has 2 aromatic rings. The van der Waals surface area contributed by atoms with Crippen LogP contribution >= 0.6 is 0 Å². The van der Waals surface area contributed by atoms with Gasteiger partial charge >= 0.3 is 6.18 Å². The Morgan fingerprint density at radius 3 is 2.00 bits per heavy atom. The van der Waals surface area contributed by atoms with Gasteiger partial charge in [0.05, 0.1) is 0 Å². The number of alkyl halides is 3. The van der Waals surface area contributed by atoms with Crippen molar-refractivity contribution < 1.29 is 13.2 Å². The van der Waals surface area contributed by atoms with Gasteiger partial charge in [-0.05, 0) is 36.6 Å². The smallest absolute Gasteiger partial charge is 0.399 e. The number of anilines is 1. The third-order valence-electron chi connectivity index (χ3n) is 3.77. The van der Waals surface area contributed by atoms with E-state index in [1.54, 1.807) is 31.2 Å². The van der Waals surface area contributed by atoms with Gasteiger partial charge in [-0.3, -0.25) is 0 Å². The van der Waals surface area contributed by atoms with Crippen molar-refractivity contribution in [3.05, 3.63) is 65.2 Å². The second kappa shape index (κ2) is 4.85. The number of nitrogens with two attached hydrogens (primary N) is 1. The highest BCUT2D eigenvalue weighted by molar-refractivity contribution is 5.53. The van der Waals surface area contributed by atoms with E-state index in [4.69, 9.17) is 5.73 Å². The molecule has 0 aliphatic heterocycles. The molecule has 0 spiro atoms. The summed E-state index contributed by atoms with van der Waals surface area (Å²) in [5, 5.41) is 0. The molecule has 2 aromatic carbocycles. The maximum atomic E-state index is 13.7. The zero-order chi connectivity index (χ0) is 15.0. The Kier molecular flexibility index (Phi) is 3.50. The molecule has 1 unspecified atom stereocenters. The number of aryl methyl sites for hydroxylation is 1. The van der Waals surface area contributed by atoms with Crippen LogP contribution in [0.3, 0.4) is 0 Å². The van der Waals surface area contributed by atoms with Crippen molar-refractivity contribution in [3.8, 4) is 0 Å². The summed E-state index contributed by atoms with van der Waals surface area (Å²) in [4.78, 5) is 0. The number of hydrogen-bond donors (Lipinski definition) is 1. The van der Waals surface area contributed by atoms with Gasteiger partial charge in [-0.25, -0.2) is 0 Å². The van der Waals surface area contributed by atoms with E-state index in [9.17, 15) is 13.2 Å². The fraction of sp³-hybridized carbons (Fsp3) is 0.250. The fourth-order valence-corrected chi connectivity index (χ4v) is 2.22. The summed E-state index contributed by atoms with van der Waals surface area (Å²) in [5.74, 6) is 0. The molecule has 2 rings (SSSR count). The van der Waals surface area contributed by atoms with Crippen molar-refractivity contribution in [1.29, 1.82) is 0 Å². The molecule has 20 heavy (non-hydrogen) atoms. The predicted molar refractivity (Wildman–Crippen MR) is 74.5 cm³/mol. The molecule has 1 atom stereocenters. The third-order valence-corrected chi connectivity index (χ3v) is 3.77. The summed E-state index contributed by atoms with van der Waals surface area (Å²) < 4.78 is 41.0. The highest BCUT2D eigenvalue weighted by Gasteiger charge is 2.53. The van der Waals surface area contributed by atoms with Crippen molar-refractivity contribution in [2.24, 2.45) is 0 Å². The normalized spacial score (nSPS) is 14.8. The maximum absolute atomic E-state index is 13.7. The van der Waals surface area contributed by atoms with Crippen LogP contribution in [0.2, 0.25) is 0 Å². The molecule has 0 fully saturated rings. The summed E-state index contributed by atoms with van der Waals surface area (Å²) in [6.45, 7) is 2.96. The number of rotatable bonds is 2. The average molecular weight is 279 g/mol. The summed E-state index contributed by atoms with van der Waals surface area (Å²) in [6.07, 6.45) is -4.41. The Morgan fingerprint density at radius 1 is 0.900 bits per heavy atom. The lowest BCUT2D eigenvalue weighted by atomic mass is 9.75. The molecular formula is C16H16F3N. The predicted octanol–water partition coefficient (Wildman–Crippen LogP) is 4.45. The minimum Gasteiger partial charge on any atom is -0.399 e. The first-order chi connectivity index (χ1) is 9.26. The molecule has 1 nitrogen and oxygen atoms in total. The summed E-state index contributed by atoms with van der Waals surface area (Å²) >= 11 is 0. The number of benzene rings is 2. The van der Waals surface area contributed by atoms with Crippen LogP contribution < -0.4 is 5.73 Å². The Balaban J connectivity index is 2.68. The fourth-order valence-electron chi connectivity index (χ4n) is 2.22. The van der Waals surface area contributed by atoms with Crippen molar-refractivity contribution in [2.45, 2.75) is 25.4 Å². The molecule has 0 bridgehead atoms. The van der Waals surface area contributed by atoms with E-state index in [1.807, 2.05) is 0 Å². The molecule has 0 radical (unpaired) electrons. The monoisotopic (exact) mass is 279 g/mol. The average Bonchev–Trinajstić information content (AvgIpc) is 2.40. The molecule has 0 aromatic heterocycles. The van der Waals surface area contributed by atoms with Crippen LogP contribution in [0.1, 0.15) is 23.6 Å². The SMILES string of the molecule is Cc1ccc(C(C)(c2ccccc2)C(F)(F)F)cc1N. The minimum absolute atomic E-state index is 0.152. The first kappa shape index (κ1) is 14.4.